The first kappa shape index (κ1) is 14.2. The van der Waals surface area contributed by atoms with Crippen molar-refractivity contribution in [1.29, 1.82) is 0 Å². The largest absolute Gasteiger partial charge is 0.379 e. The third-order valence-corrected chi connectivity index (χ3v) is 4.01. The van der Waals surface area contributed by atoms with Crippen molar-refractivity contribution >= 4 is 5.69 Å². The molecule has 1 aromatic rings. The summed E-state index contributed by atoms with van der Waals surface area (Å²) in [6.07, 6.45) is 4.23. The maximum absolute atomic E-state index is 13.7. The molecule has 0 saturated heterocycles. The van der Waals surface area contributed by atoms with Crippen molar-refractivity contribution in [2.75, 3.05) is 5.32 Å². The summed E-state index contributed by atoms with van der Waals surface area (Å²) in [7, 11) is 0. The van der Waals surface area contributed by atoms with Crippen molar-refractivity contribution < 1.29 is 13.2 Å². The number of hydrogen-bond donors (Lipinski definition) is 1. The molecule has 1 aliphatic carbocycles. The summed E-state index contributed by atoms with van der Waals surface area (Å²) in [4.78, 5) is 0. The van der Waals surface area contributed by atoms with E-state index < -0.39 is 17.5 Å². The van der Waals surface area contributed by atoms with E-state index in [9.17, 15) is 13.2 Å². The summed E-state index contributed by atoms with van der Waals surface area (Å²) < 4.78 is 40.0. The van der Waals surface area contributed by atoms with Crippen LogP contribution in [0.25, 0.3) is 0 Å². The minimum absolute atomic E-state index is 0.0601. The highest BCUT2D eigenvalue weighted by molar-refractivity contribution is 5.46. The number of anilines is 1. The molecule has 1 aliphatic rings. The lowest BCUT2D eigenvalue weighted by atomic mass is 9.78. The lowest BCUT2D eigenvalue weighted by Gasteiger charge is -2.35. The monoisotopic (exact) mass is 271 g/mol. The van der Waals surface area contributed by atoms with E-state index in [1.54, 1.807) is 0 Å². The van der Waals surface area contributed by atoms with Crippen molar-refractivity contribution in [2.24, 2.45) is 11.8 Å². The third-order valence-electron chi connectivity index (χ3n) is 4.01. The first-order valence-electron chi connectivity index (χ1n) is 6.90. The Balaban J connectivity index is 2.19. The molecule has 4 heteroatoms. The van der Waals surface area contributed by atoms with Crippen LogP contribution in [0.5, 0.6) is 0 Å². The van der Waals surface area contributed by atoms with Crippen LogP contribution in [0.3, 0.4) is 0 Å². The summed E-state index contributed by atoms with van der Waals surface area (Å²) in [5.74, 6) is -1.99. The molecule has 1 fully saturated rings. The molecule has 0 bridgehead atoms. The maximum Gasteiger partial charge on any atom is 0.182 e. The number of nitrogens with one attached hydrogen (secondary N) is 1. The third kappa shape index (κ3) is 3.23. The minimum atomic E-state index is -1.14. The number of rotatable bonds is 3. The van der Waals surface area contributed by atoms with Gasteiger partial charge in [-0.05, 0) is 24.7 Å². The lowest BCUT2D eigenvalue weighted by Crippen LogP contribution is -2.35. The van der Waals surface area contributed by atoms with Crippen LogP contribution in [0, 0.1) is 29.3 Å². The zero-order valence-corrected chi connectivity index (χ0v) is 11.3. The van der Waals surface area contributed by atoms with Gasteiger partial charge in [-0.15, -0.1) is 0 Å². The van der Waals surface area contributed by atoms with Gasteiger partial charge in [0.25, 0.3) is 0 Å². The molecular formula is C15H20F3N. The van der Waals surface area contributed by atoms with Crippen LogP contribution in [0.2, 0.25) is 0 Å². The second-order valence-electron chi connectivity index (χ2n) is 5.69. The molecule has 0 aromatic heterocycles. The minimum Gasteiger partial charge on any atom is -0.379 e. The topological polar surface area (TPSA) is 12.0 Å². The van der Waals surface area contributed by atoms with E-state index in [0.29, 0.717) is 17.9 Å². The van der Waals surface area contributed by atoms with Crippen molar-refractivity contribution in [3.8, 4) is 0 Å². The fraction of sp³-hybridized carbons (Fsp3) is 0.600. The average molecular weight is 271 g/mol. The van der Waals surface area contributed by atoms with Gasteiger partial charge in [-0.3, -0.25) is 0 Å². The second-order valence-corrected chi connectivity index (χ2v) is 5.69. The molecule has 1 N–H and O–H groups in total. The van der Waals surface area contributed by atoms with Crippen LogP contribution >= 0.6 is 0 Å². The van der Waals surface area contributed by atoms with E-state index >= 15 is 0 Å². The van der Waals surface area contributed by atoms with Gasteiger partial charge in [-0.25, -0.2) is 13.2 Å². The second kappa shape index (κ2) is 5.85. The van der Waals surface area contributed by atoms with Crippen molar-refractivity contribution in [1.82, 2.24) is 0 Å². The van der Waals surface area contributed by atoms with Gasteiger partial charge in [0.15, 0.2) is 11.6 Å². The first-order valence-corrected chi connectivity index (χ1v) is 6.90. The molecule has 1 saturated carbocycles. The molecule has 2 unspecified atom stereocenters. The Kier molecular flexibility index (Phi) is 4.38. The Morgan fingerprint density at radius 1 is 1.11 bits per heavy atom. The fourth-order valence-corrected chi connectivity index (χ4v) is 3.00. The summed E-state index contributed by atoms with van der Waals surface area (Å²) in [6.45, 7) is 4.26. The molecular weight excluding hydrogens is 251 g/mol. The molecule has 19 heavy (non-hydrogen) atoms. The van der Waals surface area contributed by atoms with E-state index in [0.717, 1.165) is 25.3 Å². The SMILES string of the molecule is CC(C)C1CCCCC1Nc1cc(F)cc(F)c1F. The number of halogens is 3. The average Bonchev–Trinajstić information content (AvgIpc) is 2.35. The molecule has 0 aliphatic heterocycles. The summed E-state index contributed by atoms with van der Waals surface area (Å²) in [5, 5.41) is 3.01. The standard InChI is InChI=1S/C15H20F3N/c1-9(2)11-5-3-4-6-13(11)19-14-8-10(16)7-12(17)15(14)18/h7-9,11,13,19H,3-6H2,1-2H3. The van der Waals surface area contributed by atoms with Crippen LogP contribution in [0.4, 0.5) is 18.9 Å². The molecule has 2 atom stereocenters. The highest BCUT2D eigenvalue weighted by Gasteiger charge is 2.28. The van der Waals surface area contributed by atoms with E-state index in [4.69, 9.17) is 0 Å². The van der Waals surface area contributed by atoms with Crippen LogP contribution < -0.4 is 5.32 Å². The smallest absolute Gasteiger partial charge is 0.182 e. The molecule has 0 heterocycles. The lowest BCUT2D eigenvalue weighted by molar-refractivity contribution is 0.253. The van der Waals surface area contributed by atoms with Crippen molar-refractivity contribution in [3.63, 3.8) is 0 Å². The first-order chi connectivity index (χ1) is 8.99. The Morgan fingerprint density at radius 2 is 1.79 bits per heavy atom. The Bertz CT molecular complexity index is 445. The molecule has 2 rings (SSSR count). The van der Waals surface area contributed by atoms with Gasteiger partial charge in [0.1, 0.15) is 5.82 Å². The van der Waals surface area contributed by atoms with Gasteiger partial charge in [-0.1, -0.05) is 26.7 Å². The van der Waals surface area contributed by atoms with E-state index in [1.807, 2.05) is 0 Å². The number of hydrogen-bond acceptors (Lipinski definition) is 1. The highest BCUT2D eigenvalue weighted by Crippen LogP contribution is 2.33. The van der Waals surface area contributed by atoms with E-state index in [2.05, 4.69) is 19.2 Å². The maximum atomic E-state index is 13.7. The number of benzene rings is 1. The van der Waals surface area contributed by atoms with Crippen LogP contribution in [-0.2, 0) is 0 Å². The predicted molar refractivity (Wildman–Crippen MR) is 70.5 cm³/mol. The molecule has 0 amide bonds. The van der Waals surface area contributed by atoms with Gasteiger partial charge < -0.3 is 5.32 Å². The Hall–Kier alpha value is -1.19. The Labute approximate surface area is 112 Å². The zero-order chi connectivity index (χ0) is 14.0. The van der Waals surface area contributed by atoms with Crippen LogP contribution in [0.15, 0.2) is 12.1 Å². The van der Waals surface area contributed by atoms with Crippen molar-refractivity contribution in [3.05, 3.63) is 29.6 Å². The molecule has 0 spiro atoms. The van der Waals surface area contributed by atoms with Crippen molar-refractivity contribution in [2.45, 2.75) is 45.6 Å². The predicted octanol–water partition coefficient (Wildman–Crippen LogP) is 4.73. The molecule has 106 valence electrons. The van der Waals surface area contributed by atoms with Gasteiger partial charge >= 0.3 is 0 Å². The van der Waals surface area contributed by atoms with Gasteiger partial charge in [0.2, 0.25) is 0 Å². The molecule has 0 radical (unpaired) electrons. The van der Waals surface area contributed by atoms with E-state index in [1.165, 1.54) is 6.42 Å². The van der Waals surface area contributed by atoms with E-state index in [-0.39, 0.29) is 11.7 Å². The summed E-state index contributed by atoms with van der Waals surface area (Å²) >= 11 is 0. The van der Waals surface area contributed by atoms with Crippen LogP contribution in [0.1, 0.15) is 39.5 Å². The highest BCUT2D eigenvalue weighted by atomic mass is 19.2. The van der Waals surface area contributed by atoms with Crippen LogP contribution in [-0.4, -0.2) is 6.04 Å². The summed E-state index contributed by atoms with van der Waals surface area (Å²) in [5.41, 5.74) is -0.0601. The van der Waals surface area contributed by atoms with Gasteiger partial charge in [0.05, 0.1) is 5.69 Å². The molecule has 1 aromatic carbocycles. The molecule has 1 nitrogen and oxygen atoms in total. The summed E-state index contributed by atoms with van der Waals surface area (Å²) in [6, 6.07) is 1.69. The Morgan fingerprint density at radius 3 is 2.47 bits per heavy atom. The quantitative estimate of drug-likeness (QED) is 0.784. The fourth-order valence-electron chi connectivity index (χ4n) is 3.00. The van der Waals surface area contributed by atoms with Gasteiger partial charge in [0, 0.05) is 18.2 Å². The zero-order valence-electron chi connectivity index (χ0n) is 11.3. The van der Waals surface area contributed by atoms with Gasteiger partial charge in [-0.2, -0.15) is 0 Å². The normalized spacial score (nSPS) is 23.7.